The topological polar surface area (TPSA) is 6.02 Å². The minimum absolute atomic E-state index is 0.569. The van der Waals surface area contributed by atoms with Gasteiger partial charge in [-0.05, 0) is 76.2 Å². The Balaban J connectivity index is 1.25. The highest BCUT2D eigenvalue weighted by Gasteiger charge is 2.34. The molecule has 2 aliphatic heterocycles. The van der Waals surface area contributed by atoms with Crippen molar-refractivity contribution in [2.75, 3.05) is 27.2 Å². The van der Waals surface area contributed by atoms with Gasteiger partial charge in [0, 0.05) is 25.2 Å². The second-order valence-corrected chi connectivity index (χ2v) is 10.0. The van der Waals surface area contributed by atoms with Crippen LogP contribution in [-0.4, -0.2) is 37.0 Å². The Hall–Kier alpha value is -3.20. The van der Waals surface area contributed by atoms with E-state index in [2.05, 4.69) is 109 Å². The molecule has 0 amide bonds. The van der Waals surface area contributed by atoms with Crippen LogP contribution < -0.4 is 0 Å². The van der Waals surface area contributed by atoms with Crippen LogP contribution in [0.4, 0.5) is 0 Å². The van der Waals surface area contributed by atoms with E-state index >= 15 is 0 Å². The van der Waals surface area contributed by atoms with Gasteiger partial charge in [-0.15, -0.1) is 0 Å². The van der Waals surface area contributed by atoms with Gasteiger partial charge >= 0.3 is 0 Å². The molecule has 0 radical (unpaired) electrons. The third-order valence-corrected chi connectivity index (χ3v) is 7.86. The molecule has 2 heteroatoms. The molecule has 4 unspecified atom stereocenters. The molecule has 0 N–H and O–H groups in total. The molecular weight excluding hydrogens is 400 g/mol. The first kappa shape index (κ1) is 19.3. The number of hydrogen-bond donors (Lipinski definition) is 0. The molecule has 2 saturated heterocycles. The predicted molar refractivity (Wildman–Crippen MR) is 136 cm³/mol. The summed E-state index contributed by atoms with van der Waals surface area (Å²) in [5.74, 6) is 0. The molecule has 4 aromatic rings. The fourth-order valence-corrected chi connectivity index (χ4v) is 5.77. The molecular formula is C31H28N2. The zero-order valence-corrected chi connectivity index (χ0v) is 19.3. The van der Waals surface area contributed by atoms with Crippen LogP contribution in [0.1, 0.15) is 34.3 Å². The van der Waals surface area contributed by atoms with E-state index in [9.17, 15) is 0 Å². The maximum atomic E-state index is 2.43. The van der Waals surface area contributed by atoms with Gasteiger partial charge < -0.3 is 0 Å². The van der Waals surface area contributed by atoms with Gasteiger partial charge in [-0.1, -0.05) is 84.9 Å². The van der Waals surface area contributed by atoms with Gasteiger partial charge in [-0.2, -0.15) is 0 Å². The smallest absolute Gasteiger partial charge is 0.0479 e. The van der Waals surface area contributed by atoms with E-state index in [0.29, 0.717) is 12.1 Å². The second kappa shape index (κ2) is 7.15. The van der Waals surface area contributed by atoms with Gasteiger partial charge in [-0.25, -0.2) is 0 Å². The van der Waals surface area contributed by atoms with Crippen LogP contribution in [0.25, 0.3) is 33.4 Å². The number of fused-ring (bicyclic) bond motifs is 3. The minimum atomic E-state index is 0.569. The standard InChI is InChI=1S/C31H28N2/c1-32-18-30(32)28-9-5-3-7-24(28)20-11-13-26-22(15-20)17-23-16-21(12-14-27(23)26)25-8-4-6-10-29(25)31-19-33(31)2/h3-16,30-31H,17-19H2,1-2H3. The molecule has 3 aliphatic rings. The van der Waals surface area contributed by atoms with Crippen molar-refractivity contribution >= 4 is 0 Å². The van der Waals surface area contributed by atoms with Crippen molar-refractivity contribution in [1.82, 2.24) is 9.80 Å². The van der Waals surface area contributed by atoms with Gasteiger partial charge in [0.05, 0.1) is 0 Å². The zero-order chi connectivity index (χ0) is 22.1. The minimum Gasteiger partial charge on any atom is -0.296 e. The molecule has 4 atom stereocenters. The largest absolute Gasteiger partial charge is 0.296 e. The molecule has 0 saturated carbocycles. The normalized spacial score (nSPS) is 24.3. The molecule has 7 rings (SSSR count). The quantitative estimate of drug-likeness (QED) is 0.299. The average Bonchev–Trinajstić information content (AvgIpc) is 3.73. The molecule has 162 valence electrons. The zero-order valence-electron chi connectivity index (χ0n) is 19.3. The molecule has 4 aromatic carbocycles. The van der Waals surface area contributed by atoms with Crippen LogP contribution in [0.15, 0.2) is 84.9 Å². The van der Waals surface area contributed by atoms with Crippen molar-refractivity contribution in [1.29, 1.82) is 0 Å². The maximum absolute atomic E-state index is 2.43. The number of likely N-dealkylation sites (N-methyl/N-ethyl adjacent to an activating group) is 2. The Kier molecular flexibility index (Phi) is 4.18. The van der Waals surface area contributed by atoms with Gasteiger partial charge in [-0.3, -0.25) is 9.80 Å². The Bertz CT molecular complexity index is 1290. The van der Waals surface area contributed by atoms with E-state index in [0.717, 1.165) is 19.5 Å². The predicted octanol–water partition coefficient (Wildman–Crippen LogP) is 6.56. The highest BCUT2D eigenvalue weighted by Crippen LogP contribution is 2.44. The Labute approximate surface area is 196 Å². The van der Waals surface area contributed by atoms with Crippen molar-refractivity contribution < 1.29 is 0 Å². The van der Waals surface area contributed by atoms with Crippen LogP contribution in [0.5, 0.6) is 0 Å². The summed E-state index contributed by atoms with van der Waals surface area (Å²) in [5, 5.41) is 0. The molecule has 0 spiro atoms. The lowest BCUT2D eigenvalue weighted by molar-refractivity contribution is 0.632. The highest BCUT2D eigenvalue weighted by atomic mass is 15.3. The third kappa shape index (κ3) is 3.17. The monoisotopic (exact) mass is 428 g/mol. The number of nitrogens with zero attached hydrogens (tertiary/aromatic N) is 2. The van der Waals surface area contributed by atoms with Crippen LogP contribution in [0, 0.1) is 0 Å². The first-order valence-corrected chi connectivity index (χ1v) is 12.0. The fourth-order valence-electron chi connectivity index (χ4n) is 5.77. The fraction of sp³-hybridized carbons (Fsp3) is 0.226. The molecule has 1 aliphatic carbocycles. The van der Waals surface area contributed by atoms with Crippen molar-refractivity contribution in [3.05, 3.63) is 107 Å². The van der Waals surface area contributed by atoms with E-state index in [1.165, 1.54) is 55.6 Å². The Morgan fingerprint density at radius 3 is 1.39 bits per heavy atom. The van der Waals surface area contributed by atoms with Crippen LogP contribution in [-0.2, 0) is 6.42 Å². The molecule has 2 heterocycles. The van der Waals surface area contributed by atoms with Crippen molar-refractivity contribution in [3.8, 4) is 33.4 Å². The summed E-state index contributed by atoms with van der Waals surface area (Å²) < 4.78 is 0. The van der Waals surface area contributed by atoms with E-state index in [1.54, 1.807) is 0 Å². The lowest BCUT2D eigenvalue weighted by Gasteiger charge is -2.11. The highest BCUT2D eigenvalue weighted by molar-refractivity contribution is 5.83. The lowest BCUT2D eigenvalue weighted by atomic mass is 9.94. The number of hydrogen-bond acceptors (Lipinski definition) is 2. The van der Waals surface area contributed by atoms with Gasteiger partial charge in [0.1, 0.15) is 0 Å². The molecule has 2 fully saturated rings. The molecule has 2 nitrogen and oxygen atoms in total. The van der Waals surface area contributed by atoms with Gasteiger partial charge in [0.2, 0.25) is 0 Å². The number of benzene rings is 4. The van der Waals surface area contributed by atoms with E-state index < -0.39 is 0 Å². The molecule has 0 bridgehead atoms. The third-order valence-electron chi connectivity index (χ3n) is 7.86. The number of rotatable bonds is 4. The first-order valence-electron chi connectivity index (χ1n) is 12.0. The summed E-state index contributed by atoms with van der Waals surface area (Å²) in [4.78, 5) is 4.81. The van der Waals surface area contributed by atoms with Crippen molar-refractivity contribution in [2.24, 2.45) is 0 Å². The SMILES string of the molecule is CN1CC1c1ccccc1-c1ccc2c(c1)Cc1cc(-c3ccccc3C3CN3C)ccc1-2. The summed E-state index contributed by atoms with van der Waals surface area (Å²) >= 11 is 0. The van der Waals surface area contributed by atoms with Crippen LogP contribution >= 0.6 is 0 Å². The van der Waals surface area contributed by atoms with Gasteiger partial charge in [0.25, 0.3) is 0 Å². The Morgan fingerprint density at radius 2 is 0.970 bits per heavy atom. The summed E-state index contributed by atoms with van der Waals surface area (Å²) in [6.07, 6.45) is 1.02. The first-order chi connectivity index (χ1) is 16.2. The van der Waals surface area contributed by atoms with Crippen LogP contribution in [0.2, 0.25) is 0 Å². The summed E-state index contributed by atoms with van der Waals surface area (Å²) in [5.41, 5.74) is 14.1. The second-order valence-electron chi connectivity index (χ2n) is 10.0. The maximum Gasteiger partial charge on any atom is 0.0479 e. The molecule has 33 heavy (non-hydrogen) atoms. The summed E-state index contributed by atoms with van der Waals surface area (Å²) in [6, 6.07) is 33.2. The Morgan fingerprint density at radius 1 is 0.545 bits per heavy atom. The summed E-state index contributed by atoms with van der Waals surface area (Å²) in [7, 11) is 4.41. The lowest BCUT2D eigenvalue weighted by Crippen LogP contribution is -1.93. The van der Waals surface area contributed by atoms with Crippen molar-refractivity contribution in [3.63, 3.8) is 0 Å². The van der Waals surface area contributed by atoms with E-state index in [-0.39, 0.29) is 0 Å². The van der Waals surface area contributed by atoms with E-state index in [4.69, 9.17) is 0 Å². The van der Waals surface area contributed by atoms with Crippen molar-refractivity contribution in [2.45, 2.75) is 18.5 Å². The average molecular weight is 429 g/mol. The van der Waals surface area contributed by atoms with Gasteiger partial charge in [0.15, 0.2) is 0 Å². The molecule has 0 aromatic heterocycles. The summed E-state index contributed by atoms with van der Waals surface area (Å²) in [6.45, 7) is 2.32. The van der Waals surface area contributed by atoms with E-state index in [1.807, 2.05) is 0 Å². The van der Waals surface area contributed by atoms with Crippen LogP contribution in [0.3, 0.4) is 0 Å².